The third-order valence-corrected chi connectivity index (χ3v) is 4.40. The number of hydrogen-bond donors (Lipinski definition) is 0. The van der Waals surface area contributed by atoms with Crippen molar-refractivity contribution in [1.82, 2.24) is 0 Å². The number of cyclic esters (lactones) is 1. The Hall–Kier alpha value is -0.900. The lowest BCUT2D eigenvalue weighted by molar-refractivity contribution is -0.134. The van der Waals surface area contributed by atoms with E-state index in [1.54, 1.807) is 4.99 Å². The van der Waals surface area contributed by atoms with Crippen molar-refractivity contribution in [2.45, 2.75) is 25.9 Å². The van der Waals surface area contributed by atoms with Crippen LogP contribution >= 0.6 is 31.9 Å². The van der Waals surface area contributed by atoms with Gasteiger partial charge in [0, 0.05) is 16.4 Å². The molecule has 1 aliphatic rings. The first-order valence-electron chi connectivity index (χ1n) is 7.86. The zero-order valence-corrected chi connectivity index (χ0v) is 17.1. The number of halogens is 2. The zero-order chi connectivity index (χ0) is 18.5. The SMILES string of the molecule is CCCC(OCCOCCOCCN=[N+]=[N-])C1=C(Br)/C(=C/Br)OC1=O. The molecule has 0 aromatic carbocycles. The van der Waals surface area contributed by atoms with E-state index < -0.39 is 5.97 Å². The average Bonchev–Trinajstić information content (AvgIpc) is 2.89. The van der Waals surface area contributed by atoms with Crippen LogP contribution in [-0.2, 0) is 23.7 Å². The Bertz CT molecular complexity index is 547. The fourth-order valence-corrected chi connectivity index (χ4v) is 3.30. The van der Waals surface area contributed by atoms with Crippen LogP contribution in [0.2, 0.25) is 0 Å². The highest BCUT2D eigenvalue weighted by atomic mass is 79.9. The zero-order valence-electron chi connectivity index (χ0n) is 14.0. The van der Waals surface area contributed by atoms with Gasteiger partial charge in [0.1, 0.15) is 0 Å². The summed E-state index contributed by atoms with van der Waals surface area (Å²) < 4.78 is 22.2. The van der Waals surface area contributed by atoms with Gasteiger partial charge in [-0.25, -0.2) is 4.79 Å². The van der Waals surface area contributed by atoms with Crippen molar-refractivity contribution in [3.8, 4) is 0 Å². The van der Waals surface area contributed by atoms with Crippen LogP contribution in [-0.4, -0.2) is 51.7 Å². The van der Waals surface area contributed by atoms with Crippen LogP contribution in [0.25, 0.3) is 10.4 Å². The molecular formula is C15H21Br2N3O5. The van der Waals surface area contributed by atoms with Gasteiger partial charge in [-0.2, -0.15) is 0 Å². The van der Waals surface area contributed by atoms with E-state index in [1.807, 2.05) is 6.92 Å². The molecule has 1 heterocycles. The summed E-state index contributed by atoms with van der Waals surface area (Å²) in [7, 11) is 0. The lowest BCUT2D eigenvalue weighted by Gasteiger charge is -2.17. The molecule has 0 aromatic rings. The van der Waals surface area contributed by atoms with Gasteiger partial charge in [0.25, 0.3) is 0 Å². The number of carbonyl (C=O) groups excluding carboxylic acids is 1. The number of carbonyl (C=O) groups is 1. The molecule has 0 aromatic heterocycles. The van der Waals surface area contributed by atoms with Crippen LogP contribution in [0.5, 0.6) is 0 Å². The van der Waals surface area contributed by atoms with Crippen LogP contribution in [0.4, 0.5) is 0 Å². The lowest BCUT2D eigenvalue weighted by atomic mass is 10.1. The summed E-state index contributed by atoms with van der Waals surface area (Å²) in [5, 5.41) is 3.36. The topological polar surface area (TPSA) is 103 Å². The second-order valence-corrected chi connectivity index (χ2v) is 6.17. The summed E-state index contributed by atoms with van der Waals surface area (Å²) in [6, 6.07) is 0. The van der Waals surface area contributed by atoms with Gasteiger partial charge in [-0.05, 0) is 27.9 Å². The van der Waals surface area contributed by atoms with Crippen LogP contribution < -0.4 is 0 Å². The normalized spacial score (nSPS) is 16.9. The van der Waals surface area contributed by atoms with Gasteiger partial charge in [-0.1, -0.05) is 34.4 Å². The maximum Gasteiger partial charge on any atom is 0.343 e. The van der Waals surface area contributed by atoms with Crippen molar-refractivity contribution < 1.29 is 23.7 Å². The Balaban J connectivity index is 2.31. The third kappa shape index (κ3) is 7.89. The Morgan fingerprint density at radius 3 is 2.56 bits per heavy atom. The standard InChI is InChI=1S/C15H21Br2N3O5/c1-2-3-11(13-14(17)12(10-16)25-15(13)21)24-9-8-23-7-6-22-5-4-19-20-18/h10-11H,2-9H2,1H3/b12-10-. The molecule has 1 rings (SSSR count). The molecule has 0 saturated heterocycles. The molecule has 10 heteroatoms. The lowest BCUT2D eigenvalue weighted by Crippen LogP contribution is -2.23. The van der Waals surface area contributed by atoms with Crippen LogP contribution in [0.1, 0.15) is 19.8 Å². The summed E-state index contributed by atoms with van der Waals surface area (Å²) in [6.07, 6.45) is 1.23. The summed E-state index contributed by atoms with van der Waals surface area (Å²) >= 11 is 6.56. The molecule has 0 amide bonds. The fraction of sp³-hybridized carbons (Fsp3) is 0.667. The highest BCUT2D eigenvalue weighted by Gasteiger charge is 2.34. The van der Waals surface area contributed by atoms with E-state index in [2.05, 4.69) is 41.9 Å². The largest absolute Gasteiger partial charge is 0.421 e. The smallest absolute Gasteiger partial charge is 0.343 e. The predicted octanol–water partition coefficient (Wildman–Crippen LogP) is 3.96. The number of nitrogens with zero attached hydrogens (tertiary/aromatic N) is 3. The predicted molar refractivity (Wildman–Crippen MR) is 99.4 cm³/mol. The molecule has 0 spiro atoms. The quantitative estimate of drug-likeness (QED) is 0.130. The van der Waals surface area contributed by atoms with Crippen molar-refractivity contribution in [2.24, 2.45) is 5.11 Å². The number of rotatable bonds is 13. The Kier molecular flexibility index (Phi) is 11.8. The fourth-order valence-electron chi connectivity index (χ4n) is 2.06. The molecule has 1 unspecified atom stereocenters. The van der Waals surface area contributed by atoms with Gasteiger partial charge in [-0.15, -0.1) is 0 Å². The first-order chi connectivity index (χ1) is 12.2. The Labute approximate surface area is 163 Å². The Morgan fingerprint density at radius 2 is 1.96 bits per heavy atom. The summed E-state index contributed by atoms with van der Waals surface area (Å²) in [5.41, 5.74) is 8.61. The van der Waals surface area contributed by atoms with E-state index in [-0.39, 0.29) is 6.10 Å². The number of azide groups is 1. The van der Waals surface area contributed by atoms with Gasteiger partial charge in [0.15, 0.2) is 5.76 Å². The minimum absolute atomic E-state index is 0.309. The van der Waals surface area contributed by atoms with Crippen LogP contribution in [0.3, 0.4) is 0 Å². The van der Waals surface area contributed by atoms with Crippen molar-refractivity contribution in [1.29, 1.82) is 0 Å². The molecule has 0 N–H and O–H groups in total. The highest BCUT2D eigenvalue weighted by Crippen LogP contribution is 2.35. The molecule has 0 fully saturated rings. The van der Waals surface area contributed by atoms with E-state index in [0.717, 1.165) is 6.42 Å². The number of allylic oxidation sites excluding steroid dienone is 1. The maximum absolute atomic E-state index is 12.0. The van der Waals surface area contributed by atoms with Crippen molar-refractivity contribution in [3.63, 3.8) is 0 Å². The van der Waals surface area contributed by atoms with Gasteiger partial charge >= 0.3 is 5.97 Å². The highest BCUT2D eigenvalue weighted by molar-refractivity contribution is 9.12. The monoisotopic (exact) mass is 481 g/mol. The van der Waals surface area contributed by atoms with Gasteiger partial charge in [-0.3, -0.25) is 0 Å². The van der Waals surface area contributed by atoms with E-state index in [9.17, 15) is 4.79 Å². The van der Waals surface area contributed by atoms with E-state index in [4.69, 9.17) is 24.5 Å². The van der Waals surface area contributed by atoms with Gasteiger partial charge in [0.2, 0.25) is 0 Å². The second-order valence-electron chi connectivity index (χ2n) is 4.92. The summed E-state index contributed by atoms with van der Waals surface area (Å²) in [4.78, 5) is 16.2. The first-order valence-corrected chi connectivity index (χ1v) is 9.57. The molecular weight excluding hydrogens is 462 g/mol. The molecule has 1 atom stereocenters. The maximum atomic E-state index is 12.0. The van der Waals surface area contributed by atoms with Crippen molar-refractivity contribution in [3.05, 3.63) is 31.2 Å². The van der Waals surface area contributed by atoms with E-state index in [1.165, 1.54) is 0 Å². The van der Waals surface area contributed by atoms with Crippen LogP contribution in [0.15, 0.2) is 25.9 Å². The van der Waals surface area contributed by atoms with Gasteiger partial charge in [0.05, 0.1) is 49.2 Å². The number of esters is 1. The summed E-state index contributed by atoms with van der Waals surface area (Å²) in [6.45, 7) is 4.29. The molecule has 1 aliphatic heterocycles. The molecule has 0 aliphatic carbocycles. The number of hydrogen-bond acceptors (Lipinski definition) is 6. The molecule has 0 saturated carbocycles. The molecule has 140 valence electrons. The third-order valence-electron chi connectivity index (χ3n) is 3.16. The second kappa shape index (κ2) is 13.3. The van der Waals surface area contributed by atoms with Gasteiger partial charge < -0.3 is 18.9 Å². The molecule has 8 nitrogen and oxygen atoms in total. The van der Waals surface area contributed by atoms with Crippen molar-refractivity contribution in [2.75, 3.05) is 39.6 Å². The van der Waals surface area contributed by atoms with E-state index in [0.29, 0.717) is 61.8 Å². The molecule has 0 bridgehead atoms. The minimum atomic E-state index is -0.398. The Morgan fingerprint density at radius 1 is 1.28 bits per heavy atom. The van der Waals surface area contributed by atoms with Crippen molar-refractivity contribution >= 4 is 37.8 Å². The first kappa shape index (κ1) is 22.1. The van der Waals surface area contributed by atoms with Crippen LogP contribution in [0, 0.1) is 0 Å². The summed E-state index contributed by atoms with van der Waals surface area (Å²) in [5.74, 6) is 0.0456. The molecule has 0 radical (unpaired) electrons. The molecule has 25 heavy (non-hydrogen) atoms. The minimum Gasteiger partial charge on any atom is -0.421 e. The van der Waals surface area contributed by atoms with E-state index >= 15 is 0 Å². The average molecular weight is 483 g/mol. The number of ether oxygens (including phenoxy) is 4.